The van der Waals surface area contributed by atoms with Crippen LogP contribution in [0.15, 0.2) is 48.5 Å². The summed E-state index contributed by atoms with van der Waals surface area (Å²) in [7, 11) is 0. The number of fused-ring (bicyclic) bond motifs is 1. The second-order valence-corrected chi connectivity index (χ2v) is 6.46. The van der Waals surface area contributed by atoms with E-state index in [2.05, 4.69) is 9.97 Å². The van der Waals surface area contributed by atoms with Crippen LogP contribution in [0, 0.1) is 23.3 Å². The number of nitrogens with zero attached hydrogens (tertiary/aromatic N) is 1. The van der Waals surface area contributed by atoms with Crippen molar-refractivity contribution in [2.75, 3.05) is 0 Å². The molecule has 1 heterocycles. The molecule has 0 atom stereocenters. The number of benzene rings is 3. The molecule has 1 aromatic heterocycles. The topological polar surface area (TPSA) is 28.7 Å². The molecule has 0 saturated heterocycles. The first-order chi connectivity index (χ1) is 12.9. The van der Waals surface area contributed by atoms with Crippen molar-refractivity contribution in [3.8, 4) is 11.4 Å². The SMILES string of the molecule is Fc1cccc(F)c1Cc1cc(Cl)cc2[nH]c(-c3c(F)cccc3F)nc12. The fraction of sp³-hybridized carbons (Fsp3) is 0.0500. The average molecular weight is 391 g/mol. The molecule has 136 valence electrons. The zero-order valence-corrected chi connectivity index (χ0v) is 14.4. The zero-order chi connectivity index (χ0) is 19.1. The third-order valence-electron chi connectivity index (χ3n) is 4.26. The summed E-state index contributed by atoms with van der Waals surface area (Å²) in [5.41, 5.74) is 0.725. The van der Waals surface area contributed by atoms with Gasteiger partial charge in [-0.25, -0.2) is 22.5 Å². The fourth-order valence-electron chi connectivity index (χ4n) is 3.02. The molecule has 0 aliphatic heterocycles. The minimum atomic E-state index is -0.776. The van der Waals surface area contributed by atoms with E-state index in [9.17, 15) is 17.6 Å². The fourth-order valence-corrected chi connectivity index (χ4v) is 3.26. The van der Waals surface area contributed by atoms with E-state index in [-0.39, 0.29) is 23.4 Å². The third-order valence-corrected chi connectivity index (χ3v) is 4.48. The summed E-state index contributed by atoms with van der Waals surface area (Å²) in [5, 5.41) is 0.304. The molecule has 0 amide bonds. The van der Waals surface area contributed by atoms with Crippen LogP contribution in [0.2, 0.25) is 5.02 Å². The summed E-state index contributed by atoms with van der Waals surface area (Å²) >= 11 is 6.10. The highest BCUT2D eigenvalue weighted by Crippen LogP contribution is 2.30. The number of imidazole rings is 1. The molecule has 3 aromatic carbocycles. The van der Waals surface area contributed by atoms with Crippen molar-refractivity contribution in [3.63, 3.8) is 0 Å². The molecule has 0 bridgehead atoms. The van der Waals surface area contributed by atoms with Crippen molar-refractivity contribution in [2.45, 2.75) is 6.42 Å². The lowest BCUT2D eigenvalue weighted by molar-refractivity contribution is 0.561. The van der Waals surface area contributed by atoms with E-state index in [1.807, 2.05) is 0 Å². The summed E-state index contributed by atoms with van der Waals surface area (Å²) in [5.74, 6) is -2.97. The second kappa shape index (κ2) is 6.70. The van der Waals surface area contributed by atoms with Gasteiger partial charge in [-0.2, -0.15) is 0 Å². The highest BCUT2D eigenvalue weighted by atomic mass is 35.5. The van der Waals surface area contributed by atoms with Gasteiger partial charge in [0.15, 0.2) is 0 Å². The molecule has 27 heavy (non-hydrogen) atoms. The van der Waals surface area contributed by atoms with E-state index < -0.39 is 23.3 Å². The van der Waals surface area contributed by atoms with Crippen LogP contribution < -0.4 is 0 Å². The maximum Gasteiger partial charge on any atom is 0.144 e. The Morgan fingerprint density at radius 2 is 1.44 bits per heavy atom. The van der Waals surface area contributed by atoms with Gasteiger partial charge in [-0.1, -0.05) is 23.7 Å². The minimum absolute atomic E-state index is 0.0295. The molecule has 1 N–H and O–H groups in total. The number of H-pyrrole nitrogens is 1. The number of nitrogens with one attached hydrogen (secondary N) is 1. The molecular formula is C20H11ClF4N2. The van der Waals surface area contributed by atoms with Gasteiger partial charge in [-0.05, 0) is 42.0 Å². The lowest BCUT2D eigenvalue weighted by Crippen LogP contribution is -1.98. The normalized spacial score (nSPS) is 11.3. The van der Waals surface area contributed by atoms with Gasteiger partial charge in [0.1, 0.15) is 29.1 Å². The maximum absolute atomic E-state index is 14.1. The highest BCUT2D eigenvalue weighted by Gasteiger charge is 2.18. The summed E-state index contributed by atoms with van der Waals surface area (Å²) in [6.45, 7) is 0. The lowest BCUT2D eigenvalue weighted by Gasteiger charge is -2.06. The number of aromatic nitrogens is 2. The molecular weight excluding hydrogens is 380 g/mol. The Morgan fingerprint density at radius 1 is 0.852 bits per heavy atom. The Labute approximate surface area is 156 Å². The first-order valence-electron chi connectivity index (χ1n) is 7.99. The highest BCUT2D eigenvalue weighted by molar-refractivity contribution is 6.31. The Kier molecular flexibility index (Phi) is 4.36. The van der Waals surface area contributed by atoms with Crippen molar-refractivity contribution < 1.29 is 17.6 Å². The molecule has 0 spiro atoms. The van der Waals surface area contributed by atoms with Gasteiger partial charge in [0.25, 0.3) is 0 Å². The van der Waals surface area contributed by atoms with Crippen LogP contribution in [-0.4, -0.2) is 9.97 Å². The van der Waals surface area contributed by atoms with Gasteiger partial charge in [-0.3, -0.25) is 0 Å². The van der Waals surface area contributed by atoms with E-state index in [1.54, 1.807) is 0 Å². The lowest BCUT2D eigenvalue weighted by atomic mass is 10.0. The monoisotopic (exact) mass is 390 g/mol. The smallest absolute Gasteiger partial charge is 0.144 e. The number of hydrogen-bond donors (Lipinski definition) is 1. The minimum Gasteiger partial charge on any atom is -0.338 e. The Balaban J connectivity index is 1.89. The molecule has 0 aliphatic carbocycles. The van der Waals surface area contributed by atoms with E-state index in [1.165, 1.54) is 24.3 Å². The molecule has 4 aromatic rings. The average Bonchev–Trinajstić information content (AvgIpc) is 3.01. The quantitative estimate of drug-likeness (QED) is 0.425. The van der Waals surface area contributed by atoms with Crippen LogP contribution in [0.25, 0.3) is 22.4 Å². The number of halogens is 5. The molecule has 0 unspecified atom stereocenters. The summed E-state index contributed by atoms with van der Waals surface area (Å²) < 4.78 is 56.2. The Morgan fingerprint density at radius 3 is 2.07 bits per heavy atom. The van der Waals surface area contributed by atoms with Gasteiger partial charge >= 0.3 is 0 Å². The molecule has 0 aliphatic rings. The predicted molar refractivity (Wildman–Crippen MR) is 95.6 cm³/mol. The van der Waals surface area contributed by atoms with Crippen LogP contribution in [0.3, 0.4) is 0 Å². The van der Waals surface area contributed by atoms with Crippen LogP contribution in [-0.2, 0) is 6.42 Å². The second-order valence-electron chi connectivity index (χ2n) is 6.02. The first kappa shape index (κ1) is 17.5. The maximum atomic E-state index is 14.1. The van der Waals surface area contributed by atoms with Crippen molar-refractivity contribution in [1.29, 1.82) is 0 Å². The predicted octanol–water partition coefficient (Wildman–Crippen LogP) is 6.03. The molecule has 0 saturated carbocycles. The van der Waals surface area contributed by atoms with Crippen LogP contribution >= 0.6 is 11.6 Å². The van der Waals surface area contributed by atoms with E-state index in [0.29, 0.717) is 21.6 Å². The number of rotatable bonds is 3. The third kappa shape index (κ3) is 3.17. The van der Waals surface area contributed by atoms with E-state index in [4.69, 9.17) is 11.6 Å². The zero-order valence-electron chi connectivity index (χ0n) is 13.7. The standard InChI is InChI=1S/C20H11ClF4N2/c21-11-7-10(8-12-13(22)3-1-4-14(12)23)19-17(9-11)26-20(27-19)18-15(24)5-2-6-16(18)25/h1-7,9H,8H2,(H,26,27). The summed E-state index contributed by atoms with van der Waals surface area (Å²) in [6.07, 6.45) is -0.111. The Bertz CT molecular complexity index is 1130. The first-order valence-corrected chi connectivity index (χ1v) is 8.37. The van der Waals surface area contributed by atoms with Crippen molar-refractivity contribution in [1.82, 2.24) is 9.97 Å². The van der Waals surface area contributed by atoms with Crippen molar-refractivity contribution in [2.24, 2.45) is 0 Å². The van der Waals surface area contributed by atoms with E-state index in [0.717, 1.165) is 24.3 Å². The largest absolute Gasteiger partial charge is 0.338 e. The number of aromatic amines is 1. The van der Waals surface area contributed by atoms with Crippen molar-refractivity contribution in [3.05, 3.63) is 87.9 Å². The molecule has 0 radical (unpaired) electrons. The van der Waals surface area contributed by atoms with Gasteiger partial charge in [0.05, 0.1) is 16.6 Å². The van der Waals surface area contributed by atoms with E-state index >= 15 is 0 Å². The van der Waals surface area contributed by atoms with Crippen LogP contribution in [0.5, 0.6) is 0 Å². The van der Waals surface area contributed by atoms with Gasteiger partial charge < -0.3 is 4.98 Å². The van der Waals surface area contributed by atoms with Crippen LogP contribution in [0.1, 0.15) is 11.1 Å². The van der Waals surface area contributed by atoms with Crippen LogP contribution in [0.4, 0.5) is 17.6 Å². The molecule has 4 rings (SSSR count). The summed E-state index contributed by atoms with van der Waals surface area (Å²) in [6, 6.07) is 10.1. The molecule has 0 fully saturated rings. The Hall–Kier alpha value is -2.86. The van der Waals surface area contributed by atoms with Gasteiger partial charge in [0.2, 0.25) is 0 Å². The number of hydrogen-bond acceptors (Lipinski definition) is 1. The van der Waals surface area contributed by atoms with Gasteiger partial charge in [-0.15, -0.1) is 0 Å². The van der Waals surface area contributed by atoms with Crippen molar-refractivity contribution >= 4 is 22.6 Å². The van der Waals surface area contributed by atoms with Gasteiger partial charge in [0, 0.05) is 17.0 Å². The molecule has 2 nitrogen and oxygen atoms in total. The molecule has 7 heteroatoms. The summed E-state index contributed by atoms with van der Waals surface area (Å²) in [4.78, 5) is 7.09.